The highest BCUT2D eigenvalue weighted by Gasteiger charge is 2.22. The van der Waals surface area contributed by atoms with Crippen molar-refractivity contribution in [2.45, 2.75) is 32.6 Å². The molecule has 1 nitrogen and oxygen atoms in total. The van der Waals surface area contributed by atoms with Gasteiger partial charge in [-0.25, -0.2) is 0 Å². The topological polar surface area (TPSA) is 20.2 Å². The van der Waals surface area contributed by atoms with Crippen molar-refractivity contribution >= 4 is 0 Å². The summed E-state index contributed by atoms with van der Waals surface area (Å²) < 4.78 is 0. The molecule has 0 amide bonds. The summed E-state index contributed by atoms with van der Waals surface area (Å²) in [5.74, 6) is 1.07. The van der Waals surface area contributed by atoms with Gasteiger partial charge in [-0.3, -0.25) is 0 Å². The normalized spacial score (nSPS) is 21.0. The number of phenolic OH excluding ortho intramolecular Hbond substituents is 1. The van der Waals surface area contributed by atoms with Gasteiger partial charge in [-0.15, -0.1) is 0 Å². The van der Waals surface area contributed by atoms with Gasteiger partial charge in [0.1, 0.15) is 5.75 Å². The van der Waals surface area contributed by atoms with Crippen molar-refractivity contribution in [3.63, 3.8) is 0 Å². The second-order valence-corrected chi connectivity index (χ2v) is 3.74. The Kier molecular flexibility index (Phi) is 1.60. The Labute approximate surface area is 73.0 Å². The lowest BCUT2D eigenvalue weighted by molar-refractivity contribution is 0.460. The molecule has 0 aromatic heterocycles. The van der Waals surface area contributed by atoms with Crippen LogP contribution in [0.3, 0.4) is 0 Å². The first kappa shape index (κ1) is 7.66. The fourth-order valence-corrected chi connectivity index (χ4v) is 2.04. The molecular formula is C11H14O. The molecule has 0 saturated heterocycles. The maximum absolute atomic E-state index is 9.79. The first-order chi connectivity index (χ1) is 5.70. The summed E-state index contributed by atoms with van der Waals surface area (Å²) in [4.78, 5) is 0. The van der Waals surface area contributed by atoms with Crippen LogP contribution in [0.5, 0.6) is 5.75 Å². The molecule has 0 aliphatic heterocycles. The molecule has 2 rings (SSSR count). The smallest absolute Gasteiger partial charge is 0.122 e. The highest BCUT2D eigenvalue weighted by Crippen LogP contribution is 2.39. The summed E-state index contributed by atoms with van der Waals surface area (Å²) in [5, 5.41) is 9.79. The Hall–Kier alpha value is -0.980. The molecule has 1 aliphatic carbocycles. The molecule has 1 aliphatic rings. The summed E-state index contributed by atoms with van der Waals surface area (Å²) in [6.45, 7) is 4.14. The average Bonchev–Trinajstić information content (AvgIpc) is 2.41. The molecule has 0 bridgehead atoms. The quantitative estimate of drug-likeness (QED) is 0.622. The van der Waals surface area contributed by atoms with Crippen molar-refractivity contribution in [2.24, 2.45) is 0 Å². The zero-order chi connectivity index (χ0) is 8.72. The fraction of sp³-hybridized carbons (Fsp3) is 0.455. The molecule has 1 atom stereocenters. The predicted octanol–water partition coefficient (Wildman–Crippen LogP) is 2.75. The molecule has 0 spiro atoms. The van der Waals surface area contributed by atoms with E-state index in [1.165, 1.54) is 17.5 Å². The van der Waals surface area contributed by atoms with Gasteiger partial charge in [0.2, 0.25) is 0 Å². The van der Waals surface area contributed by atoms with E-state index in [9.17, 15) is 5.11 Å². The lowest BCUT2D eigenvalue weighted by Gasteiger charge is -2.09. The first-order valence-corrected chi connectivity index (χ1v) is 4.51. The van der Waals surface area contributed by atoms with Crippen LogP contribution in [0.1, 0.15) is 36.0 Å². The third-order valence-corrected chi connectivity index (χ3v) is 2.85. The van der Waals surface area contributed by atoms with Crippen molar-refractivity contribution in [2.75, 3.05) is 0 Å². The van der Waals surface area contributed by atoms with Crippen molar-refractivity contribution in [3.8, 4) is 5.75 Å². The second kappa shape index (κ2) is 2.51. The van der Waals surface area contributed by atoms with Crippen molar-refractivity contribution in [3.05, 3.63) is 28.8 Å². The molecule has 0 saturated carbocycles. The molecule has 1 aromatic carbocycles. The van der Waals surface area contributed by atoms with Gasteiger partial charge in [0, 0.05) is 5.56 Å². The third-order valence-electron chi connectivity index (χ3n) is 2.85. The number of aryl methyl sites for hydroxylation is 2. The summed E-state index contributed by atoms with van der Waals surface area (Å²) in [7, 11) is 0. The van der Waals surface area contributed by atoms with Crippen LogP contribution in [0.15, 0.2) is 12.1 Å². The van der Waals surface area contributed by atoms with Gasteiger partial charge in [0.25, 0.3) is 0 Å². The minimum atomic E-state index is 0.525. The van der Waals surface area contributed by atoms with Crippen LogP contribution in [-0.2, 0) is 6.42 Å². The van der Waals surface area contributed by atoms with Crippen LogP contribution in [-0.4, -0.2) is 5.11 Å². The molecule has 0 radical (unpaired) electrons. The number of fused-ring (bicyclic) bond motifs is 1. The van der Waals surface area contributed by atoms with E-state index >= 15 is 0 Å². The summed E-state index contributed by atoms with van der Waals surface area (Å²) in [6, 6.07) is 4.15. The third kappa shape index (κ3) is 0.927. The van der Waals surface area contributed by atoms with Gasteiger partial charge >= 0.3 is 0 Å². The van der Waals surface area contributed by atoms with E-state index in [1.807, 2.05) is 13.0 Å². The summed E-state index contributed by atoms with van der Waals surface area (Å²) >= 11 is 0. The standard InChI is InChI=1S/C11H14O/c1-7-3-5-9-6-4-8(2)11(12)10(7)9/h4,6-7,12H,3,5H2,1-2H3. The lowest BCUT2D eigenvalue weighted by atomic mass is 10.00. The SMILES string of the molecule is Cc1ccc2c(c1O)C(C)CC2. The molecule has 1 heteroatoms. The van der Waals surface area contributed by atoms with Crippen LogP contribution in [0, 0.1) is 6.92 Å². The van der Waals surface area contributed by atoms with Gasteiger partial charge in [-0.05, 0) is 36.8 Å². The van der Waals surface area contributed by atoms with Gasteiger partial charge in [-0.1, -0.05) is 19.1 Å². The van der Waals surface area contributed by atoms with Crippen LogP contribution in [0.2, 0.25) is 0 Å². The Morgan fingerprint density at radius 2 is 2.17 bits per heavy atom. The predicted molar refractivity (Wildman–Crippen MR) is 49.6 cm³/mol. The molecule has 64 valence electrons. The second-order valence-electron chi connectivity index (χ2n) is 3.74. The van der Waals surface area contributed by atoms with Crippen LogP contribution in [0.4, 0.5) is 0 Å². The molecule has 12 heavy (non-hydrogen) atoms. The van der Waals surface area contributed by atoms with E-state index in [4.69, 9.17) is 0 Å². The van der Waals surface area contributed by atoms with Crippen LogP contribution >= 0.6 is 0 Å². The zero-order valence-electron chi connectivity index (χ0n) is 7.59. The maximum atomic E-state index is 9.79. The highest BCUT2D eigenvalue weighted by atomic mass is 16.3. The van der Waals surface area contributed by atoms with E-state index in [0.29, 0.717) is 11.7 Å². The summed E-state index contributed by atoms with van der Waals surface area (Å²) in [6.07, 6.45) is 2.32. The average molecular weight is 162 g/mol. The van der Waals surface area contributed by atoms with E-state index in [1.54, 1.807) is 0 Å². The first-order valence-electron chi connectivity index (χ1n) is 4.51. The molecule has 1 unspecified atom stereocenters. The zero-order valence-corrected chi connectivity index (χ0v) is 7.59. The van der Waals surface area contributed by atoms with Crippen molar-refractivity contribution in [1.82, 2.24) is 0 Å². The molecule has 1 N–H and O–H groups in total. The Balaban J connectivity index is 2.63. The monoisotopic (exact) mass is 162 g/mol. The van der Waals surface area contributed by atoms with Gasteiger partial charge in [0.15, 0.2) is 0 Å². The van der Waals surface area contributed by atoms with E-state index in [0.717, 1.165) is 12.0 Å². The van der Waals surface area contributed by atoms with E-state index < -0.39 is 0 Å². The minimum Gasteiger partial charge on any atom is -0.507 e. The van der Waals surface area contributed by atoms with Gasteiger partial charge in [0.05, 0.1) is 0 Å². The van der Waals surface area contributed by atoms with Gasteiger partial charge in [-0.2, -0.15) is 0 Å². The van der Waals surface area contributed by atoms with Gasteiger partial charge < -0.3 is 5.11 Å². The molecule has 0 heterocycles. The van der Waals surface area contributed by atoms with Crippen molar-refractivity contribution < 1.29 is 5.11 Å². The minimum absolute atomic E-state index is 0.525. The number of hydrogen-bond donors (Lipinski definition) is 1. The van der Waals surface area contributed by atoms with Crippen LogP contribution < -0.4 is 0 Å². The fourth-order valence-electron chi connectivity index (χ4n) is 2.04. The Morgan fingerprint density at radius 1 is 1.42 bits per heavy atom. The number of hydrogen-bond acceptors (Lipinski definition) is 1. The van der Waals surface area contributed by atoms with E-state index in [2.05, 4.69) is 13.0 Å². The van der Waals surface area contributed by atoms with Crippen LogP contribution in [0.25, 0.3) is 0 Å². The Bertz CT molecular complexity index is 315. The largest absolute Gasteiger partial charge is 0.507 e. The number of rotatable bonds is 0. The molecule has 0 fully saturated rings. The van der Waals surface area contributed by atoms with E-state index in [-0.39, 0.29) is 0 Å². The highest BCUT2D eigenvalue weighted by molar-refractivity contribution is 5.49. The number of phenols is 1. The summed E-state index contributed by atoms with van der Waals surface area (Å²) in [5.41, 5.74) is 3.53. The maximum Gasteiger partial charge on any atom is 0.122 e. The number of benzene rings is 1. The Morgan fingerprint density at radius 3 is 2.92 bits per heavy atom. The number of aromatic hydroxyl groups is 1. The molecular weight excluding hydrogens is 148 g/mol. The van der Waals surface area contributed by atoms with Crippen molar-refractivity contribution in [1.29, 1.82) is 0 Å². The lowest BCUT2D eigenvalue weighted by Crippen LogP contribution is -1.89. The molecule has 1 aromatic rings.